The summed E-state index contributed by atoms with van der Waals surface area (Å²) in [7, 11) is 1.54. The molecule has 0 aliphatic rings. The van der Waals surface area contributed by atoms with Crippen LogP contribution in [-0.2, 0) is 4.79 Å². The van der Waals surface area contributed by atoms with E-state index >= 15 is 0 Å². The third kappa shape index (κ3) is 3.67. The Morgan fingerprint density at radius 1 is 1.35 bits per heavy atom. The van der Waals surface area contributed by atoms with Gasteiger partial charge in [0.25, 0.3) is 0 Å². The Morgan fingerprint density at radius 3 is 2.59 bits per heavy atom. The van der Waals surface area contributed by atoms with Crippen LogP contribution in [0.15, 0.2) is 24.3 Å². The van der Waals surface area contributed by atoms with Crippen LogP contribution in [0.5, 0.6) is 5.75 Å². The van der Waals surface area contributed by atoms with Crippen LogP contribution in [0.25, 0.3) is 0 Å². The van der Waals surface area contributed by atoms with Crippen molar-refractivity contribution in [2.24, 2.45) is 5.73 Å². The van der Waals surface area contributed by atoms with Crippen molar-refractivity contribution in [3.8, 4) is 5.75 Å². The summed E-state index contributed by atoms with van der Waals surface area (Å²) < 4.78 is 5.12. The zero-order chi connectivity index (χ0) is 12.8. The number of hydrogen-bond donors (Lipinski definition) is 3. The number of ether oxygens (including phenoxy) is 1. The van der Waals surface area contributed by atoms with Crippen LogP contribution < -0.4 is 21.1 Å². The molecule has 1 aromatic rings. The lowest BCUT2D eigenvalue weighted by atomic mass is 10.2. The van der Waals surface area contributed by atoms with Crippen LogP contribution in [0.2, 0.25) is 0 Å². The topological polar surface area (TPSA) is 93.4 Å². The van der Waals surface area contributed by atoms with E-state index in [1.165, 1.54) is 7.11 Å². The molecule has 3 amide bonds. The number of primary amides is 1. The van der Waals surface area contributed by atoms with E-state index in [1.54, 1.807) is 19.1 Å². The number of hydrogen-bond acceptors (Lipinski definition) is 4. The lowest BCUT2D eigenvalue weighted by molar-refractivity contribution is -0.120. The van der Waals surface area contributed by atoms with Gasteiger partial charge in [0.15, 0.2) is 0 Å². The van der Waals surface area contributed by atoms with Crippen molar-refractivity contribution in [2.45, 2.75) is 13.0 Å². The first kappa shape index (κ1) is 12.8. The number of para-hydroxylation sites is 2. The van der Waals surface area contributed by atoms with E-state index in [2.05, 4.69) is 5.32 Å². The number of methoxy groups -OCH3 is 1. The molecule has 1 rings (SSSR count). The van der Waals surface area contributed by atoms with Gasteiger partial charge in [-0.1, -0.05) is 12.1 Å². The summed E-state index contributed by atoms with van der Waals surface area (Å²) in [6, 6.07) is 5.69. The molecular formula is C11H15N3O3. The van der Waals surface area contributed by atoms with Crippen LogP contribution >= 0.6 is 0 Å². The van der Waals surface area contributed by atoms with Crippen molar-refractivity contribution < 1.29 is 14.3 Å². The van der Waals surface area contributed by atoms with Gasteiger partial charge < -0.3 is 15.8 Å². The number of rotatable bonds is 4. The highest BCUT2D eigenvalue weighted by Gasteiger charge is 2.15. The summed E-state index contributed by atoms with van der Waals surface area (Å²) in [5.41, 5.74) is 5.53. The number of carbonyl (C=O) groups is 2. The second kappa shape index (κ2) is 5.74. The SMILES string of the molecule is COc1ccccc1NC(C)C(=O)NC(N)=O. The quantitative estimate of drug-likeness (QED) is 0.718. The molecule has 17 heavy (non-hydrogen) atoms. The Morgan fingerprint density at radius 2 is 2.00 bits per heavy atom. The van der Waals surface area contributed by atoms with Crippen molar-refractivity contribution in [3.05, 3.63) is 24.3 Å². The molecule has 0 spiro atoms. The van der Waals surface area contributed by atoms with Crippen LogP contribution in [-0.4, -0.2) is 25.1 Å². The zero-order valence-electron chi connectivity index (χ0n) is 9.69. The second-order valence-electron chi connectivity index (χ2n) is 3.42. The third-order valence-electron chi connectivity index (χ3n) is 2.12. The molecule has 1 unspecified atom stereocenters. The number of anilines is 1. The molecule has 1 aromatic carbocycles. The number of amides is 3. The number of carbonyl (C=O) groups excluding carboxylic acids is 2. The molecule has 0 radical (unpaired) electrons. The van der Waals surface area contributed by atoms with E-state index in [0.29, 0.717) is 11.4 Å². The lowest BCUT2D eigenvalue weighted by Crippen LogP contribution is -2.43. The fourth-order valence-electron chi connectivity index (χ4n) is 1.29. The molecule has 6 nitrogen and oxygen atoms in total. The zero-order valence-corrected chi connectivity index (χ0v) is 9.69. The van der Waals surface area contributed by atoms with Crippen molar-refractivity contribution in [3.63, 3.8) is 0 Å². The number of imide groups is 1. The van der Waals surface area contributed by atoms with E-state index in [-0.39, 0.29) is 0 Å². The Balaban J connectivity index is 2.70. The van der Waals surface area contributed by atoms with Gasteiger partial charge in [0.05, 0.1) is 12.8 Å². The highest BCUT2D eigenvalue weighted by atomic mass is 16.5. The fourth-order valence-corrected chi connectivity index (χ4v) is 1.29. The average Bonchev–Trinajstić information content (AvgIpc) is 2.28. The molecule has 6 heteroatoms. The molecular weight excluding hydrogens is 222 g/mol. The second-order valence-corrected chi connectivity index (χ2v) is 3.42. The number of nitrogens with two attached hydrogens (primary N) is 1. The van der Waals surface area contributed by atoms with Crippen LogP contribution in [0.1, 0.15) is 6.92 Å². The minimum Gasteiger partial charge on any atom is -0.495 e. The third-order valence-corrected chi connectivity index (χ3v) is 2.12. The Hall–Kier alpha value is -2.24. The van der Waals surface area contributed by atoms with E-state index in [9.17, 15) is 9.59 Å². The Labute approximate surface area is 99.1 Å². The van der Waals surface area contributed by atoms with Gasteiger partial charge in [-0.15, -0.1) is 0 Å². The Bertz CT molecular complexity index is 420. The first-order chi connectivity index (χ1) is 8.04. The first-order valence-electron chi connectivity index (χ1n) is 5.04. The lowest BCUT2D eigenvalue weighted by Gasteiger charge is -2.16. The highest BCUT2D eigenvalue weighted by Crippen LogP contribution is 2.23. The molecule has 0 aromatic heterocycles. The summed E-state index contributed by atoms with van der Waals surface area (Å²) in [5.74, 6) is 0.120. The van der Waals surface area contributed by atoms with Gasteiger partial charge in [-0.25, -0.2) is 4.79 Å². The van der Waals surface area contributed by atoms with Gasteiger partial charge in [-0.2, -0.15) is 0 Å². The monoisotopic (exact) mass is 237 g/mol. The summed E-state index contributed by atoms with van der Waals surface area (Å²) >= 11 is 0. The van der Waals surface area contributed by atoms with Gasteiger partial charge >= 0.3 is 6.03 Å². The van der Waals surface area contributed by atoms with E-state index < -0.39 is 18.0 Å². The minimum atomic E-state index is -0.872. The fraction of sp³-hybridized carbons (Fsp3) is 0.273. The molecule has 0 saturated heterocycles. The smallest absolute Gasteiger partial charge is 0.318 e. The maximum atomic E-state index is 11.4. The first-order valence-corrected chi connectivity index (χ1v) is 5.04. The molecule has 0 fully saturated rings. The summed E-state index contributed by atoms with van der Waals surface area (Å²) in [5, 5.41) is 4.92. The summed E-state index contributed by atoms with van der Waals surface area (Å²) in [4.78, 5) is 22.0. The molecule has 0 bridgehead atoms. The van der Waals surface area contributed by atoms with E-state index in [1.807, 2.05) is 17.4 Å². The standard InChI is InChI=1S/C11H15N3O3/c1-7(10(15)14-11(12)16)13-8-5-3-4-6-9(8)17-2/h3-7,13H,1-2H3,(H3,12,14,15,16). The van der Waals surface area contributed by atoms with Crippen LogP contribution in [0.3, 0.4) is 0 Å². The molecule has 0 aliphatic carbocycles. The molecule has 0 saturated carbocycles. The molecule has 1 atom stereocenters. The molecule has 92 valence electrons. The Kier molecular flexibility index (Phi) is 4.33. The normalized spacial score (nSPS) is 11.4. The molecule has 4 N–H and O–H groups in total. The number of benzene rings is 1. The molecule has 0 heterocycles. The maximum absolute atomic E-state index is 11.4. The van der Waals surface area contributed by atoms with Gasteiger partial charge in [-0.05, 0) is 19.1 Å². The minimum absolute atomic E-state index is 0.497. The molecule has 0 aliphatic heterocycles. The predicted molar refractivity (Wildman–Crippen MR) is 63.8 cm³/mol. The predicted octanol–water partition coefficient (Wildman–Crippen LogP) is 0.690. The van der Waals surface area contributed by atoms with Crippen molar-refractivity contribution in [2.75, 3.05) is 12.4 Å². The highest BCUT2D eigenvalue weighted by molar-refractivity contribution is 5.97. The maximum Gasteiger partial charge on any atom is 0.318 e. The van der Waals surface area contributed by atoms with Crippen LogP contribution in [0.4, 0.5) is 10.5 Å². The van der Waals surface area contributed by atoms with E-state index in [4.69, 9.17) is 10.5 Å². The van der Waals surface area contributed by atoms with Crippen molar-refractivity contribution in [1.29, 1.82) is 0 Å². The van der Waals surface area contributed by atoms with Crippen LogP contribution in [0, 0.1) is 0 Å². The largest absolute Gasteiger partial charge is 0.495 e. The van der Waals surface area contributed by atoms with E-state index in [0.717, 1.165) is 0 Å². The van der Waals surface area contributed by atoms with Crippen molar-refractivity contribution in [1.82, 2.24) is 5.32 Å². The van der Waals surface area contributed by atoms with Gasteiger partial charge in [-0.3, -0.25) is 10.1 Å². The van der Waals surface area contributed by atoms with Gasteiger partial charge in [0.1, 0.15) is 11.8 Å². The number of nitrogens with one attached hydrogen (secondary N) is 2. The number of urea groups is 1. The van der Waals surface area contributed by atoms with Gasteiger partial charge in [0.2, 0.25) is 5.91 Å². The van der Waals surface area contributed by atoms with Crippen molar-refractivity contribution >= 4 is 17.6 Å². The van der Waals surface area contributed by atoms with Gasteiger partial charge in [0, 0.05) is 0 Å². The average molecular weight is 237 g/mol. The summed E-state index contributed by atoms with van der Waals surface area (Å²) in [6.45, 7) is 1.62. The summed E-state index contributed by atoms with van der Waals surface area (Å²) in [6.07, 6.45) is 0.